The van der Waals surface area contributed by atoms with Crippen LogP contribution in [0.2, 0.25) is 0 Å². The average molecular weight is 664 g/mol. The third-order valence-corrected chi connectivity index (χ3v) is 10.3. The summed E-state index contributed by atoms with van der Waals surface area (Å²) in [4.78, 5) is 2.41. The smallest absolute Gasteiger partial charge is 0.135 e. The van der Waals surface area contributed by atoms with Gasteiger partial charge >= 0.3 is 0 Å². The van der Waals surface area contributed by atoms with Gasteiger partial charge in [-0.3, -0.25) is 0 Å². The SMILES string of the molecule is c1ccc(-c2ccc(-c3ccc(N(c4ccccc4-c4ccc5c(c4)-c4cccc6cccc(c46)O5)c4cccc5ccccc45)cc3)cc2)cc1. The maximum absolute atomic E-state index is 6.47. The normalized spacial score (nSPS) is 11.6. The van der Waals surface area contributed by atoms with Crippen molar-refractivity contribution in [3.63, 3.8) is 0 Å². The average Bonchev–Trinajstić information content (AvgIpc) is 3.22. The Hall–Kier alpha value is -6.90. The molecule has 0 saturated heterocycles. The minimum absolute atomic E-state index is 0.880. The second-order valence-electron chi connectivity index (χ2n) is 13.3. The van der Waals surface area contributed by atoms with E-state index in [4.69, 9.17) is 4.74 Å². The summed E-state index contributed by atoms with van der Waals surface area (Å²) in [6, 6.07) is 71.7. The van der Waals surface area contributed by atoms with E-state index >= 15 is 0 Å². The van der Waals surface area contributed by atoms with Crippen LogP contribution in [0.5, 0.6) is 11.5 Å². The largest absolute Gasteiger partial charge is 0.456 e. The van der Waals surface area contributed by atoms with Crippen LogP contribution in [0.3, 0.4) is 0 Å². The minimum atomic E-state index is 0.880. The number of hydrogen-bond donors (Lipinski definition) is 0. The molecule has 0 spiro atoms. The van der Waals surface area contributed by atoms with Gasteiger partial charge < -0.3 is 9.64 Å². The number of rotatable bonds is 6. The lowest BCUT2D eigenvalue weighted by Crippen LogP contribution is -2.11. The molecule has 0 atom stereocenters. The van der Waals surface area contributed by atoms with E-state index in [1.807, 2.05) is 0 Å². The maximum atomic E-state index is 6.47. The van der Waals surface area contributed by atoms with Gasteiger partial charge in [0, 0.05) is 27.6 Å². The first kappa shape index (κ1) is 30.0. The van der Waals surface area contributed by atoms with E-state index in [0.717, 1.165) is 50.6 Å². The molecule has 1 aliphatic rings. The molecule has 2 heteroatoms. The van der Waals surface area contributed by atoms with Gasteiger partial charge in [-0.1, -0.05) is 158 Å². The van der Waals surface area contributed by atoms with Crippen LogP contribution in [0.1, 0.15) is 0 Å². The first-order valence-corrected chi connectivity index (χ1v) is 17.8. The van der Waals surface area contributed by atoms with Gasteiger partial charge in [0.05, 0.1) is 11.4 Å². The summed E-state index contributed by atoms with van der Waals surface area (Å²) < 4.78 is 6.47. The molecule has 0 N–H and O–H groups in total. The lowest BCUT2D eigenvalue weighted by molar-refractivity contribution is 0.487. The van der Waals surface area contributed by atoms with Crippen LogP contribution < -0.4 is 9.64 Å². The third-order valence-electron chi connectivity index (χ3n) is 10.3. The summed E-state index contributed by atoms with van der Waals surface area (Å²) in [5.74, 6) is 1.79. The van der Waals surface area contributed by atoms with Crippen molar-refractivity contribution < 1.29 is 4.74 Å². The molecule has 2 nitrogen and oxygen atoms in total. The molecule has 9 aromatic carbocycles. The van der Waals surface area contributed by atoms with Crippen LogP contribution in [0.25, 0.3) is 66.1 Å². The fourth-order valence-electron chi connectivity index (χ4n) is 7.74. The van der Waals surface area contributed by atoms with Crippen molar-refractivity contribution in [2.75, 3.05) is 4.90 Å². The highest BCUT2D eigenvalue weighted by Gasteiger charge is 2.23. The summed E-state index contributed by atoms with van der Waals surface area (Å²) >= 11 is 0. The molecule has 0 radical (unpaired) electrons. The number of nitrogens with zero attached hydrogens (tertiary/aromatic N) is 1. The molecule has 1 heterocycles. The molecule has 9 aromatic rings. The third kappa shape index (κ3) is 5.12. The van der Waals surface area contributed by atoms with Crippen molar-refractivity contribution in [1.82, 2.24) is 0 Å². The van der Waals surface area contributed by atoms with Gasteiger partial charge in [0.15, 0.2) is 0 Å². The molecule has 0 aromatic heterocycles. The molecule has 1 aliphatic heterocycles. The van der Waals surface area contributed by atoms with Gasteiger partial charge in [-0.05, 0) is 86.6 Å². The Morgan fingerprint density at radius 2 is 0.885 bits per heavy atom. The van der Waals surface area contributed by atoms with E-state index in [1.165, 1.54) is 44.0 Å². The monoisotopic (exact) mass is 663 g/mol. The Labute approximate surface area is 303 Å². The number of benzene rings is 9. The molecular formula is C50H33NO. The quantitative estimate of drug-likeness (QED) is 0.176. The second-order valence-corrected chi connectivity index (χ2v) is 13.3. The molecule has 0 aliphatic carbocycles. The number of anilines is 3. The molecule has 244 valence electrons. The van der Waals surface area contributed by atoms with Crippen molar-refractivity contribution in [3.05, 3.63) is 200 Å². The summed E-state index contributed by atoms with van der Waals surface area (Å²) in [6.07, 6.45) is 0. The zero-order chi connectivity index (χ0) is 34.4. The molecular weight excluding hydrogens is 631 g/mol. The fourth-order valence-corrected chi connectivity index (χ4v) is 7.74. The summed E-state index contributed by atoms with van der Waals surface area (Å²) in [7, 11) is 0. The molecule has 10 rings (SSSR count). The van der Waals surface area contributed by atoms with Gasteiger partial charge in [0.2, 0.25) is 0 Å². The zero-order valence-corrected chi connectivity index (χ0v) is 28.4. The predicted molar refractivity (Wildman–Crippen MR) is 218 cm³/mol. The van der Waals surface area contributed by atoms with E-state index in [9.17, 15) is 0 Å². The Morgan fingerprint density at radius 1 is 0.327 bits per heavy atom. The number of ether oxygens (including phenoxy) is 1. The minimum Gasteiger partial charge on any atom is -0.456 e. The zero-order valence-electron chi connectivity index (χ0n) is 28.4. The van der Waals surface area contributed by atoms with Gasteiger partial charge in [0.1, 0.15) is 11.5 Å². The van der Waals surface area contributed by atoms with Gasteiger partial charge in [0.25, 0.3) is 0 Å². The summed E-state index contributed by atoms with van der Waals surface area (Å²) in [6.45, 7) is 0. The van der Waals surface area contributed by atoms with Crippen LogP contribution in [0.4, 0.5) is 17.1 Å². The highest BCUT2D eigenvalue weighted by Crippen LogP contribution is 2.49. The van der Waals surface area contributed by atoms with Gasteiger partial charge in [-0.25, -0.2) is 0 Å². The molecule has 0 unspecified atom stereocenters. The number of para-hydroxylation sites is 1. The number of fused-ring (bicyclic) bond motifs is 3. The predicted octanol–water partition coefficient (Wildman–Crippen LogP) is 14.2. The molecule has 0 bridgehead atoms. The molecule has 0 amide bonds. The molecule has 0 fully saturated rings. The first-order valence-electron chi connectivity index (χ1n) is 17.8. The molecule has 52 heavy (non-hydrogen) atoms. The van der Waals surface area contributed by atoms with Crippen LogP contribution >= 0.6 is 0 Å². The van der Waals surface area contributed by atoms with Crippen LogP contribution in [-0.2, 0) is 0 Å². The van der Waals surface area contributed by atoms with E-state index in [-0.39, 0.29) is 0 Å². The highest BCUT2D eigenvalue weighted by molar-refractivity contribution is 6.05. The van der Waals surface area contributed by atoms with Crippen molar-refractivity contribution in [1.29, 1.82) is 0 Å². The van der Waals surface area contributed by atoms with Gasteiger partial charge in [-0.2, -0.15) is 0 Å². The summed E-state index contributed by atoms with van der Waals surface area (Å²) in [5.41, 5.74) is 12.7. The Bertz CT molecular complexity index is 2740. The highest BCUT2D eigenvalue weighted by atomic mass is 16.5. The molecule has 0 saturated carbocycles. The number of hydrogen-bond acceptors (Lipinski definition) is 2. The van der Waals surface area contributed by atoms with Crippen molar-refractivity contribution in [3.8, 4) is 56.0 Å². The first-order chi connectivity index (χ1) is 25.8. The van der Waals surface area contributed by atoms with E-state index in [0.29, 0.717) is 0 Å². The van der Waals surface area contributed by atoms with Gasteiger partial charge in [-0.15, -0.1) is 0 Å². The lowest BCUT2D eigenvalue weighted by Gasteiger charge is -2.29. The van der Waals surface area contributed by atoms with Crippen molar-refractivity contribution in [2.24, 2.45) is 0 Å². The summed E-state index contributed by atoms with van der Waals surface area (Å²) in [5, 5.41) is 4.75. The van der Waals surface area contributed by atoms with Crippen LogP contribution in [-0.4, -0.2) is 0 Å². The topological polar surface area (TPSA) is 12.5 Å². The lowest BCUT2D eigenvalue weighted by atomic mass is 9.91. The fraction of sp³-hybridized carbons (Fsp3) is 0. The second kappa shape index (κ2) is 12.5. The van der Waals surface area contributed by atoms with Crippen LogP contribution in [0.15, 0.2) is 200 Å². The standard InChI is InChI=1S/C50H33NO/c1-2-11-34(12-3-1)35-23-25-36(26-24-35)37-27-30-41(31-28-37)51(47-21-9-14-38-13-4-5-17-42(38)47)46-20-7-6-18-43(46)40-29-32-48-45(33-40)44-19-8-15-39-16-10-22-49(52-48)50(39)44/h1-33H. The van der Waals surface area contributed by atoms with E-state index in [1.54, 1.807) is 0 Å². The van der Waals surface area contributed by atoms with Crippen molar-refractivity contribution in [2.45, 2.75) is 0 Å². The van der Waals surface area contributed by atoms with E-state index < -0.39 is 0 Å². The maximum Gasteiger partial charge on any atom is 0.135 e. The Kier molecular flexibility index (Phi) is 7.18. The Morgan fingerprint density at radius 3 is 1.69 bits per heavy atom. The van der Waals surface area contributed by atoms with Crippen molar-refractivity contribution >= 4 is 38.6 Å². The van der Waals surface area contributed by atoms with Crippen LogP contribution in [0, 0.1) is 0 Å². The Balaban J connectivity index is 1.10. The van der Waals surface area contributed by atoms with E-state index in [2.05, 4.69) is 205 Å².